The molecule has 0 radical (unpaired) electrons. The van der Waals surface area contributed by atoms with E-state index in [2.05, 4.69) is 0 Å². The van der Waals surface area contributed by atoms with Gasteiger partial charge in [-0.2, -0.15) is 4.31 Å². The minimum atomic E-state index is -3.96. The summed E-state index contributed by atoms with van der Waals surface area (Å²) in [5, 5.41) is 0. The average molecular weight is 396 g/mol. The Morgan fingerprint density at radius 3 is 2.15 bits per heavy atom. The highest BCUT2D eigenvalue weighted by Crippen LogP contribution is 2.20. The van der Waals surface area contributed by atoms with Gasteiger partial charge < -0.3 is 9.64 Å². The maximum atomic E-state index is 13.8. The molecule has 0 aromatic heterocycles. The van der Waals surface area contributed by atoms with Gasteiger partial charge in [0.15, 0.2) is 18.2 Å². The van der Waals surface area contributed by atoms with Crippen LogP contribution in [0, 0.1) is 11.6 Å². The Morgan fingerprint density at radius 2 is 1.52 bits per heavy atom. The van der Waals surface area contributed by atoms with E-state index >= 15 is 0 Å². The summed E-state index contributed by atoms with van der Waals surface area (Å²) in [6.07, 6.45) is 0. The smallest absolute Gasteiger partial charge is 0.260 e. The summed E-state index contributed by atoms with van der Waals surface area (Å²) in [5.74, 6) is -1.77. The van der Waals surface area contributed by atoms with Crippen LogP contribution in [0.2, 0.25) is 0 Å². The molecular formula is C18H18F2N2O4S. The highest BCUT2D eigenvalue weighted by atomic mass is 32.2. The molecule has 1 saturated heterocycles. The third-order valence-corrected chi connectivity index (χ3v) is 6.17. The number of hydrogen-bond acceptors (Lipinski definition) is 4. The highest BCUT2D eigenvalue weighted by Gasteiger charge is 2.31. The molecule has 27 heavy (non-hydrogen) atoms. The number of carbonyl (C=O) groups excluding carboxylic acids is 1. The van der Waals surface area contributed by atoms with Crippen molar-refractivity contribution in [3.63, 3.8) is 0 Å². The fourth-order valence-corrected chi connectivity index (χ4v) is 4.25. The zero-order chi connectivity index (χ0) is 19.4. The molecule has 1 fully saturated rings. The van der Waals surface area contributed by atoms with Crippen LogP contribution in [0.4, 0.5) is 8.78 Å². The summed E-state index contributed by atoms with van der Waals surface area (Å²) in [5.41, 5.74) is 0. The molecule has 0 bridgehead atoms. The summed E-state index contributed by atoms with van der Waals surface area (Å²) in [7, 11) is -3.96. The molecule has 0 saturated carbocycles. The van der Waals surface area contributed by atoms with Crippen molar-refractivity contribution in [3.8, 4) is 5.75 Å². The van der Waals surface area contributed by atoms with Crippen molar-refractivity contribution in [2.75, 3.05) is 32.8 Å². The number of sulfonamides is 1. The molecule has 0 atom stereocenters. The van der Waals surface area contributed by atoms with Gasteiger partial charge in [0.1, 0.15) is 10.7 Å². The van der Waals surface area contributed by atoms with Gasteiger partial charge in [-0.1, -0.05) is 24.3 Å². The predicted molar refractivity (Wildman–Crippen MR) is 93.6 cm³/mol. The lowest BCUT2D eigenvalue weighted by molar-refractivity contribution is -0.134. The highest BCUT2D eigenvalue weighted by molar-refractivity contribution is 7.89. The van der Waals surface area contributed by atoms with E-state index in [9.17, 15) is 22.0 Å². The number of para-hydroxylation sites is 1. The molecule has 6 nitrogen and oxygen atoms in total. The van der Waals surface area contributed by atoms with Crippen molar-refractivity contribution >= 4 is 15.9 Å². The number of nitrogens with zero attached hydrogens (tertiary/aromatic N) is 2. The van der Waals surface area contributed by atoms with Gasteiger partial charge in [-0.05, 0) is 24.3 Å². The normalized spacial score (nSPS) is 15.6. The van der Waals surface area contributed by atoms with Gasteiger partial charge in [-0.25, -0.2) is 17.2 Å². The fourth-order valence-electron chi connectivity index (χ4n) is 2.76. The van der Waals surface area contributed by atoms with Crippen LogP contribution >= 0.6 is 0 Å². The van der Waals surface area contributed by atoms with E-state index in [1.807, 2.05) is 0 Å². The first-order chi connectivity index (χ1) is 12.9. The van der Waals surface area contributed by atoms with E-state index in [0.717, 1.165) is 10.4 Å². The second-order valence-electron chi connectivity index (χ2n) is 5.93. The van der Waals surface area contributed by atoms with E-state index in [0.29, 0.717) is 0 Å². The van der Waals surface area contributed by atoms with Crippen molar-refractivity contribution in [1.29, 1.82) is 0 Å². The van der Waals surface area contributed by atoms with Crippen molar-refractivity contribution < 1.29 is 26.7 Å². The topological polar surface area (TPSA) is 66.9 Å². The lowest BCUT2D eigenvalue weighted by Gasteiger charge is -2.34. The fraction of sp³-hybridized carbons (Fsp3) is 0.278. The van der Waals surface area contributed by atoms with Gasteiger partial charge in [0.25, 0.3) is 5.91 Å². The molecule has 1 aliphatic heterocycles. The Kier molecular flexibility index (Phi) is 5.71. The van der Waals surface area contributed by atoms with Crippen LogP contribution in [0.3, 0.4) is 0 Å². The summed E-state index contributed by atoms with van der Waals surface area (Å²) < 4.78 is 58.8. The molecule has 0 N–H and O–H groups in total. The number of ether oxygens (including phenoxy) is 1. The molecular weight excluding hydrogens is 378 g/mol. The molecule has 3 rings (SSSR count). The third-order valence-electron chi connectivity index (χ3n) is 4.23. The Morgan fingerprint density at radius 1 is 0.926 bits per heavy atom. The maximum absolute atomic E-state index is 13.8. The second-order valence-corrected chi connectivity index (χ2v) is 7.84. The summed E-state index contributed by atoms with van der Waals surface area (Å²) in [6, 6.07) is 10.9. The summed E-state index contributed by atoms with van der Waals surface area (Å²) in [4.78, 5) is 13.3. The lowest BCUT2D eigenvalue weighted by Crippen LogP contribution is -2.51. The largest absolute Gasteiger partial charge is 0.481 e. The van der Waals surface area contributed by atoms with Crippen molar-refractivity contribution in [1.82, 2.24) is 9.21 Å². The number of rotatable bonds is 5. The number of carbonyl (C=O) groups is 1. The van der Waals surface area contributed by atoms with Crippen molar-refractivity contribution in [2.24, 2.45) is 0 Å². The molecule has 0 unspecified atom stereocenters. The first-order valence-electron chi connectivity index (χ1n) is 8.29. The Balaban J connectivity index is 1.58. The van der Waals surface area contributed by atoms with Gasteiger partial charge in [-0.3, -0.25) is 4.79 Å². The predicted octanol–water partition coefficient (Wildman–Crippen LogP) is 1.88. The van der Waals surface area contributed by atoms with Gasteiger partial charge in [0.05, 0.1) is 0 Å². The van der Waals surface area contributed by atoms with Gasteiger partial charge in [0.2, 0.25) is 10.0 Å². The van der Waals surface area contributed by atoms with E-state index in [1.54, 1.807) is 6.07 Å². The lowest BCUT2D eigenvalue weighted by atomic mass is 10.3. The van der Waals surface area contributed by atoms with Crippen molar-refractivity contribution in [3.05, 3.63) is 60.2 Å². The summed E-state index contributed by atoms with van der Waals surface area (Å²) >= 11 is 0. The van der Waals surface area contributed by atoms with Crippen LogP contribution in [-0.2, 0) is 14.8 Å². The second kappa shape index (κ2) is 8.01. The van der Waals surface area contributed by atoms with Crippen LogP contribution in [0.5, 0.6) is 5.75 Å². The van der Waals surface area contributed by atoms with E-state index in [1.165, 1.54) is 41.3 Å². The molecule has 2 aromatic rings. The van der Waals surface area contributed by atoms with Gasteiger partial charge >= 0.3 is 0 Å². The van der Waals surface area contributed by atoms with E-state index in [-0.39, 0.29) is 49.3 Å². The SMILES string of the molecule is O=C(COc1ccccc1F)N1CCN(S(=O)(=O)c2ccccc2F)CC1. The van der Waals surface area contributed by atoms with Crippen LogP contribution in [0.25, 0.3) is 0 Å². The molecule has 2 aromatic carbocycles. The first-order valence-corrected chi connectivity index (χ1v) is 9.73. The Labute approximate surface area is 156 Å². The standard InChI is InChI=1S/C18H18F2N2O4S/c19-14-5-1-3-7-16(14)26-13-18(23)21-9-11-22(12-10-21)27(24,25)17-8-4-2-6-15(17)20/h1-8H,9-13H2. The van der Waals surface area contributed by atoms with E-state index in [4.69, 9.17) is 4.74 Å². The minimum Gasteiger partial charge on any atom is -0.481 e. The molecule has 1 aliphatic rings. The van der Waals surface area contributed by atoms with Crippen molar-refractivity contribution in [2.45, 2.75) is 4.90 Å². The molecule has 1 amide bonds. The number of amides is 1. The van der Waals surface area contributed by atoms with Gasteiger partial charge in [-0.15, -0.1) is 0 Å². The van der Waals surface area contributed by atoms with Crippen LogP contribution in [0.1, 0.15) is 0 Å². The Hall–Kier alpha value is -2.52. The number of piperazine rings is 1. The first kappa shape index (κ1) is 19.2. The quantitative estimate of drug-likeness (QED) is 0.774. The Bertz CT molecular complexity index is 928. The molecule has 0 spiro atoms. The van der Waals surface area contributed by atoms with Crippen LogP contribution < -0.4 is 4.74 Å². The van der Waals surface area contributed by atoms with Crippen LogP contribution in [0.15, 0.2) is 53.4 Å². The van der Waals surface area contributed by atoms with E-state index < -0.39 is 21.7 Å². The number of benzene rings is 2. The molecule has 144 valence electrons. The third kappa shape index (κ3) is 4.25. The van der Waals surface area contributed by atoms with Crippen LogP contribution in [-0.4, -0.2) is 56.3 Å². The number of hydrogen-bond donors (Lipinski definition) is 0. The molecule has 0 aliphatic carbocycles. The number of halogens is 2. The molecule has 1 heterocycles. The zero-order valence-corrected chi connectivity index (χ0v) is 15.2. The van der Waals surface area contributed by atoms with Gasteiger partial charge in [0, 0.05) is 26.2 Å². The summed E-state index contributed by atoms with van der Waals surface area (Å²) in [6.45, 7) is 0.0332. The minimum absolute atomic E-state index is 0.0217. The zero-order valence-electron chi connectivity index (χ0n) is 14.3. The maximum Gasteiger partial charge on any atom is 0.260 e. The molecule has 9 heteroatoms. The monoisotopic (exact) mass is 396 g/mol. The average Bonchev–Trinajstić information content (AvgIpc) is 2.67.